The number of hydrogen-bond acceptors (Lipinski definition) is 4. The molecule has 4 rings (SSSR count). The first-order chi connectivity index (χ1) is 11.7. The molecule has 3 aromatic rings. The number of aromatic amines is 1. The summed E-state index contributed by atoms with van der Waals surface area (Å²) in [4.78, 5) is 2.48. The van der Waals surface area contributed by atoms with Crippen molar-refractivity contribution in [1.29, 1.82) is 0 Å². The molecule has 2 aromatic heterocycles. The largest absolute Gasteiger partial charge is 0.388 e. The fraction of sp³-hybridized carbons (Fsp3) is 0.444. The van der Waals surface area contributed by atoms with E-state index in [9.17, 15) is 5.11 Å². The zero-order valence-electron chi connectivity index (χ0n) is 13.9. The van der Waals surface area contributed by atoms with Crippen LogP contribution in [0.1, 0.15) is 36.5 Å². The van der Waals surface area contributed by atoms with Gasteiger partial charge in [-0.1, -0.05) is 12.1 Å². The van der Waals surface area contributed by atoms with Crippen molar-refractivity contribution >= 4 is 10.9 Å². The lowest BCUT2D eigenvalue weighted by Crippen LogP contribution is -2.30. The molecule has 0 bridgehead atoms. The van der Waals surface area contributed by atoms with Gasteiger partial charge in [0.1, 0.15) is 0 Å². The van der Waals surface area contributed by atoms with E-state index in [-0.39, 0.29) is 0 Å². The second-order valence-electron chi connectivity index (χ2n) is 6.76. The Morgan fingerprint density at radius 2 is 2.29 bits per heavy atom. The molecule has 0 spiro atoms. The van der Waals surface area contributed by atoms with E-state index in [2.05, 4.69) is 38.4 Å². The van der Waals surface area contributed by atoms with Gasteiger partial charge in [-0.15, -0.1) is 0 Å². The third-order valence-electron chi connectivity index (χ3n) is 5.00. The first-order valence-electron chi connectivity index (χ1n) is 8.52. The molecule has 0 radical (unpaired) electrons. The molecule has 2 N–H and O–H groups in total. The highest BCUT2D eigenvalue weighted by Gasteiger charge is 2.27. The van der Waals surface area contributed by atoms with Crippen molar-refractivity contribution in [2.45, 2.75) is 38.0 Å². The Labute approximate surface area is 141 Å². The maximum Gasteiger partial charge on any atom is 0.0835 e. The second kappa shape index (κ2) is 6.37. The van der Waals surface area contributed by atoms with Crippen molar-refractivity contribution in [3.8, 4) is 0 Å². The number of likely N-dealkylation sites (tertiary alicyclic amines) is 1. The van der Waals surface area contributed by atoms with Crippen LogP contribution in [0.5, 0.6) is 0 Å². The fourth-order valence-electron chi connectivity index (χ4n) is 3.69. The highest BCUT2D eigenvalue weighted by Crippen LogP contribution is 2.28. The van der Waals surface area contributed by atoms with Crippen LogP contribution in [0, 0.1) is 0 Å². The molecule has 6 heteroatoms. The quantitative estimate of drug-likeness (QED) is 0.756. The lowest BCUT2D eigenvalue weighted by atomic mass is 10.0. The van der Waals surface area contributed by atoms with E-state index in [0.29, 0.717) is 6.04 Å². The first kappa shape index (κ1) is 15.4. The SMILES string of the molecule is Cn1cc(C(O)CC2CCCN2Cc2ccc3cn[nH]c3c2)cn1. The smallest absolute Gasteiger partial charge is 0.0835 e. The van der Waals surface area contributed by atoms with Gasteiger partial charge in [-0.3, -0.25) is 14.7 Å². The zero-order valence-corrected chi connectivity index (χ0v) is 13.9. The van der Waals surface area contributed by atoms with Gasteiger partial charge in [0.05, 0.1) is 24.0 Å². The Hall–Kier alpha value is -2.18. The van der Waals surface area contributed by atoms with Crippen molar-refractivity contribution in [1.82, 2.24) is 24.9 Å². The first-order valence-corrected chi connectivity index (χ1v) is 8.52. The lowest BCUT2D eigenvalue weighted by molar-refractivity contribution is 0.118. The Bertz CT molecular complexity index is 824. The van der Waals surface area contributed by atoms with Crippen LogP contribution < -0.4 is 0 Å². The molecular weight excluding hydrogens is 302 g/mol. The zero-order chi connectivity index (χ0) is 16.5. The number of benzene rings is 1. The third-order valence-corrected chi connectivity index (χ3v) is 5.00. The number of aliphatic hydroxyl groups excluding tert-OH is 1. The fourth-order valence-corrected chi connectivity index (χ4v) is 3.69. The van der Waals surface area contributed by atoms with Crippen LogP contribution in [-0.2, 0) is 13.6 Å². The van der Waals surface area contributed by atoms with E-state index >= 15 is 0 Å². The summed E-state index contributed by atoms with van der Waals surface area (Å²) in [5, 5.41) is 22.9. The van der Waals surface area contributed by atoms with E-state index in [0.717, 1.165) is 42.4 Å². The number of H-pyrrole nitrogens is 1. The van der Waals surface area contributed by atoms with Gasteiger partial charge in [-0.2, -0.15) is 10.2 Å². The molecule has 3 heterocycles. The maximum absolute atomic E-state index is 10.5. The molecule has 6 nitrogen and oxygen atoms in total. The predicted molar refractivity (Wildman–Crippen MR) is 92.3 cm³/mol. The van der Waals surface area contributed by atoms with E-state index < -0.39 is 6.10 Å². The third kappa shape index (κ3) is 3.07. The predicted octanol–water partition coefficient (Wildman–Crippen LogP) is 2.38. The molecular formula is C18H23N5O. The average Bonchev–Trinajstić information content (AvgIpc) is 3.29. The number of aryl methyl sites for hydroxylation is 1. The highest BCUT2D eigenvalue weighted by atomic mass is 16.3. The van der Waals surface area contributed by atoms with E-state index in [1.165, 1.54) is 12.0 Å². The number of nitrogens with zero attached hydrogens (tertiary/aromatic N) is 4. The molecule has 1 aliphatic rings. The summed E-state index contributed by atoms with van der Waals surface area (Å²) >= 11 is 0. The summed E-state index contributed by atoms with van der Waals surface area (Å²) < 4.78 is 1.74. The number of aromatic nitrogens is 4. The van der Waals surface area contributed by atoms with Crippen LogP contribution >= 0.6 is 0 Å². The number of fused-ring (bicyclic) bond motifs is 1. The van der Waals surface area contributed by atoms with E-state index in [4.69, 9.17) is 0 Å². The lowest BCUT2D eigenvalue weighted by Gasteiger charge is -2.26. The van der Waals surface area contributed by atoms with Crippen molar-refractivity contribution in [2.24, 2.45) is 7.05 Å². The van der Waals surface area contributed by atoms with Gasteiger partial charge in [-0.25, -0.2) is 0 Å². The average molecular weight is 325 g/mol. The molecule has 0 saturated carbocycles. The monoisotopic (exact) mass is 325 g/mol. The molecule has 1 aromatic carbocycles. The Morgan fingerprint density at radius 1 is 1.38 bits per heavy atom. The highest BCUT2D eigenvalue weighted by molar-refractivity contribution is 5.78. The van der Waals surface area contributed by atoms with Crippen LogP contribution in [0.15, 0.2) is 36.8 Å². The molecule has 24 heavy (non-hydrogen) atoms. The van der Waals surface area contributed by atoms with Crippen molar-refractivity contribution < 1.29 is 5.11 Å². The van der Waals surface area contributed by atoms with Crippen LogP contribution in [0.3, 0.4) is 0 Å². The van der Waals surface area contributed by atoms with Crippen LogP contribution in [-0.4, -0.2) is 42.6 Å². The molecule has 2 atom stereocenters. The van der Waals surface area contributed by atoms with Gasteiger partial charge in [0.25, 0.3) is 0 Å². The van der Waals surface area contributed by atoms with Gasteiger partial charge in [0.15, 0.2) is 0 Å². The Kier molecular flexibility index (Phi) is 4.08. The van der Waals surface area contributed by atoms with Gasteiger partial charge >= 0.3 is 0 Å². The molecule has 0 aliphatic carbocycles. The van der Waals surface area contributed by atoms with Gasteiger partial charge in [0, 0.05) is 36.8 Å². The van der Waals surface area contributed by atoms with Crippen molar-refractivity contribution in [3.05, 3.63) is 47.9 Å². The Morgan fingerprint density at radius 3 is 3.12 bits per heavy atom. The number of nitrogens with one attached hydrogen (secondary N) is 1. The minimum Gasteiger partial charge on any atom is -0.388 e. The molecule has 2 unspecified atom stereocenters. The van der Waals surface area contributed by atoms with Gasteiger partial charge in [-0.05, 0) is 37.4 Å². The standard InChI is InChI=1S/C18H23N5O/c1-22-12-15(10-20-22)18(24)8-16-3-2-6-23(16)11-13-4-5-14-9-19-21-17(14)7-13/h4-5,7,9-10,12,16,18,24H,2-3,6,8,11H2,1H3,(H,19,21). The van der Waals surface area contributed by atoms with E-state index in [1.54, 1.807) is 10.9 Å². The van der Waals surface area contributed by atoms with E-state index in [1.807, 2.05) is 19.4 Å². The maximum atomic E-state index is 10.5. The van der Waals surface area contributed by atoms with Crippen molar-refractivity contribution in [3.63, 3.8) is 0 Å². The van der Waals surface area contributed by atoms with Crippen LogP contribution in [0.2, 0.25) is 0 Å². The summed E-state index contributed by atoms with van der Waals surface area (Å²) in [6, 6.07) is 6.88. The minimum absolute atomic E-state index is 0.415. The minimum atomic E-state index is -0.445. The normalized spacial score (nSPS) is 20.0. The summed E-state index contributed by atoms with van der Waals surface area (Å²) in [5.74, 6) is 0. The second-order valence-corrected chi connectivity index (χ2v) is 6.76. The number of aliphatic hydroxyl groups is 1. The summed E-state index contributed by atoms with van der Waals surface area (Å²) in [6.45, 7) is 2.00. The molecule has 1 aliphatic heterocycles. The molecule has 126 valence electrons. The number of rotatable bonds is 5. The molecule has 1 saturated heterocycles. The topological polar surface area (TPSA) is 70.0 Å². The van der Waals surface area contributed by atoms with Crippen LogP contribution in [0.25, 0.3) is 10.9 Å². The van der Waals surface area contributed by atoms with Gasteiger partial charge < -0.3 is 5.11 Å². The van der Waals surface area contributed by atoms with Crippen molar-refractivity contribution in [2.75, 3.05) is 6.54 Å². The Balaban J connectivity index is 1.44. The summed E-state index contributed by atoms with van der Waals surface area (Å²) in [7, 11) is 1.88. The molecule has 0 amide bonds. The number of hydrogen-bond donors (Lipinski definition) is 2. The summed E-state index contributed by atoms with van der Waals surface area (Å²) in [6.07, 6.45) is 8.16. The summed E-state index contributed by atoms with van der Waals surface area (Å²) in [5.41, 5.74) is 3.27. The molecule has 1 fully saturated rings. The van der Waals surface area contributed by atoms with Crippen LogP contribution in [0.4, 0.5) is 0 Å². The van der Waals surface area contributed by atoms with Gasteiger partial charge in [0.2, 0.25) is 0 Å².